The number of non-ortho nitro benzene ring substituents is 1. The van der Waals surface area contributed by atoms with Crippen molar-refractivity contribution in [2.45, 2.75) is 26.4 Å². The van der Waals surface area contributed by atoms with Crippen LogP contribution < -0.4 is 0 Å². The first-order valence-electron chi connectivity index (χ1n) is 7.56. The average molecular weight is 359 g/mol. The Morgan fingerprint density at radius 2 is 1.96 bits per heavy atom. The van der Waals surface area contributed by atoms with Crippen LogP contribution in [0.25, 0.3) is 11.4 Å². The molecule has 1 saturated heterocycles. The van der Waals surface area contributed by atoms with Crippen LogP contribution in [-0.4, -0.2) is 48.8 Å². The maximum Gasteiger partial charge on any atom is 0.334 e. The molecule has 1 aromatic heterocycles. The molecule has 2 aromatic rings. The van der Waals surface area contributed by atoms with Crippen LogP contribution >= 0.6 is 0 Å². The molecule has 3 rings (SSSR count). The van der Waals surface area contributed by atoms with Gasteiger partial charge in [0.25, 0.3) is 5.69 Å². The van der Waals surface area contributed by atoms with Gasteiger partial charge in [0.1, 0.15) is 6.54 Å². The van der Waals surface area contributed by atoms with E-state index in [9.17, 15) is 24.5 Å². The van der Waals surface area contributed by atoms with E-state index < -0.39 is 28.8 Å². The number of carbonyl (C=O) groups is 3. The largest absolute Gasteiger partial charge is 0.337 e. The lowest BCUT2D eigenvalue weighted by Crippen LogP contribution is -2.37. The Labute approximate surface area is 146 Å². The highest BCUT2D eigenvalue weighted by atomic mass is 16.6. The van der Waals surface area contributed by atoms with Gasteiger partial charge in [-0.15, -0.1) is 0 Å². The molecule has 4 amide bonds. The molecular formula is C15H13N5O6. The zero-order chi connectivity index (χ0) is 19.0. The fourth-order valence-corrected chi connectivity index (χ4v) is 2.45. The summed E-state index contributed by atoms with van der Waals surface area (Å²) in [6.07, 6.45) is 0. The smallest absolute Gasteiger partial charge is 0.334 e. The molecule has 0 atom stereocenters. The zero-order valence-corrected chi connectivity index (χ0v) is 13.8. The Kier molecular flexibility index (Phi) is 4.20. The van der Waals surface area contributed by atoms with Crippen molar-refractivity contribution in [2.24, 2.45) is 0 Å². The fourth-order valence-electron chi connectivity index (χ4n) is 2.45. The molecule has 0 bridgehead atoms. The van der Waals surface area contributed by atoms with Crippen LogP contribution in [0.2, 0.25) is 0 Å². The van der Waals surface area contributed by atoms with Crippen LogP contribution in [0.4, 0.5) is 10.5 Å². The van der Waals surface area contributed by atoms with Crippen molar-refractivity contribution >= 4 is 23.5 Å². The van der Waals surface area contributed by atoms with Crippen LogP contribution in [-0.2, 0) is 16.1 Å². The molecule has 0 aliphatic carbocycles. The Hall–Kier alpha value is -3.63. The number of amides is 4. The summed E-state index contributed by atoms with van der Waals surface area (Å²) in [4.78, 5) is 51.9. The van der Waals surface area contributed by atoms with E-state index in [1.807, 2.05) is 0 Å². The third-order valence-electron chi connectivity index (χ3n) is 3.68. The predicted octanol–water partition coefficient (Wildman–Crippen LogP) is 1.34. The lowest BCUT2D eigenvalue weighted by molar-refractivity contribution is -0.384. The molecule has 1 aromatic carbocycles. The Bertz CT molecular complexity index is 921. The van der Waals surface area contributed by atoms with E-state index in [1.165, 1.54) is 18.2 Å². The SMILES string of the molecule is CC(C)N1C(=O)C(=O)N(Cc2nc(-c3cccc([N+](=O)[O-])c3)no2)C1=O. The molecule has 1 aliphatic heterocycles. The number of imide groups is 2. The lowest BCUT2D eigenvalue weighted by atomic mass is 10.2. The number of rotatable bonds is 5. The van der Waals surface area contributed by atoms with Gasteiger partial charge in [-0.25, -0.2) is 9.69 Å². The van der Waals surface area contributed by atoms with Gasteiger partial charge in [-0.05, 0) is 13.8 Å². The number of hydrogen-bond donors (Lipinski definition) is 0. The summed E-state index contributed by atoms with van der Waals surface area (Å²) in [6.45, 7) is 2.86. The first-order chi connectivity index (χ1) is 12.3. The third kappa shape index (κ3) is 2.90. The lowest BCUT2D eigenvalue weighted by Gasteiger charge is -2.17. The molecule has 2 heterocycles. The van der Waals surface area contributed by atoms with Crippen molar-refractivity contribution in [3.8, 4) is 11.4 Å². The number of nitro benzene ring substituents is 1. The van der Waals surface area contributed by atoms with Crippen LogP contribution in [0, 0.1) is 10.1 Å². The predicted molar refractivity (Wildman–Crippen MR) is 84.3 cm³/mol. The van der Waals surface area contributed by atoms with Gasteiger partial charge < -0.3 is 4.52 Å². The van der Waals surface area contributed by atoms with Crippen LogP contribution in [0.15, 0.2) is 28.8 Å². The number of urea groups is 1. The quantitative estimate of drug-likeness (QED) is 0.337. The van der Waals surface area contributed by atoms with E-state index in [0.29, 0.717) is 10.5 Å². The second-order valence-electron chi connectivity index (χ2n) is 5.76. The molecule has 0 N–H and O–H groups in total. The molecule has 0 unspecified atom stereocenters. The summed E-state index contributed by atoms with van der Waals surface area (Å²) in [7, 11) is 0. The van der Waals surface area contributed by atoms with Crippen molar-refractivity contribution in [2.75, 3.05) is 0 Å². The van der Waals surface area contributed by atoms with Gasteiger partial charge in [-0.3, -0.25) is 24.6 Å². The summed E-state index contributed by atoms with van der Waals surface area (Å²) in [6, 6.07) is 4.38. The van der Waals surface area contributed by atoms with E-state index in [0.717, 1.165) is 4.90 Å². The van der Waals surface area contributed by atoms with Crippen molar-refractivity contribution in [1.82, 2.24) is 19.9 Å². The number of aromatic nitrogens is 2. The van der Waals surface area contributed by atoms with Crippen molar-refractivity contribution in [1.29, 1.82) is 0 Å². The maximum absolute atomic E-state index is 12.2. The summed E-state index contributed by atoms with van der Waals surface area (Å²) in [5.41, 5.74) is 0.199. The summed E-state index contributed by atoms with van der Waals surface area (Å²) >= 11 is 0. The number of hydrogen-bond acceptors (Lipinski definition) is 8. The van der Waals surface area contributed by atoms with Gasteiger partial charge in [0.2, 0.25) is 11.7 Å². The number of benzene rings is 1. The molecule has 1 aliphatic rings. The van der Waals surface area contributed by atoms with Crippen LogP contribution in [0.5, 0.6) is 0 Å². The monoisotopic (exact) mass is 359 g/mol. The van der Waals surface area contributed by atoms with Crippen LogP contribution in [0.1, 0.15) is 19.7 Å². The van der Waals surface area contributed by atoms with E-state index >= 15 is 0 Å². The van der Waals surface area contributed by atoms with E-state index in [-0.39, 0.29) is 23.9 Å². The molecule has 0 radical (unpaired) electrons. The molecule has 0 saturated carbocycles. The number of nitrogens with zero attached hydrogens (tertiary/aromatic N) is 5. The van der Waals surface area contributed by atoms with Crippen molar-refractivity contribution in [3.05, 3.63) is 40.3 Å². The Balaban J connectivity index is 1.82. The van der Waals surface area contributed by atoms with Gasteiger partial charge in [-0.2, -0.15) is 4.98 Å². The molecule has 1 fully saturated rings. The molecule has 134 valence electrons. The van der Waals surface area contributed by atoms with Gasteiger partial charge in [0, 0.05) is 23.7 Å². The normalized spacial score (nSPS) is 14.7. The molecule has 0 spiro atoms. The summed E-state index contributed by atoms with van der Waals surface area (Å²) in [5.74, 6) is -1.90. The standard InChI is InChI=1S/C15H13N5O6/c1-8(2)19-14(22)13(21)18(15(19)23)7-11-16-12(17-26-11)9-4-3-5-10(6-9)20(24)25/h3-6,8H,7H2,1-2H3. The summed E-state index contributed by atoms with van der Waals surface area (Å²) < 4.78 is 5.00. The minimum absolute atomic E-state index is 0.0647. The first-order valence-corrected chi connectivity index (χ1v) is 7.56. The Morgan fingerprint density at radius 3 is 2.58 bits per heavy atom. The summed E-state index contributed by atoms with van der Waals surface area (Å²) in [5, 5.41) is 14.5. The topological polar surface area (TPSA) is 140 Å². The van der Waals surface area contributed by atoms with Crippen LogP contribution in [0.3, 0.4) is 0 Å². The van der Waals surface area contributed by atoms with E-state index in [1.54, 1.807) is 19.9 Å². The molecule has 26 heavy (non-hydrogen) atoms. The first kappa shape index (κ1) is 17.2. The van der Waals surface area contributed by atoms with Gasteiger partial charge in [-0.1, -0.05) is 17.3 Å². The van der Waals surface area contributed by atoms with E-state index in [4.69, 9.17) is 4.52 Å². The zero-order valence-electron chi connectivity index (χ0n) is 13.8. The molecular weight excluding hydrogens is 346 g/mol. The highest BCUT2D eigenvalue weighted by Crippen LogP contribution is 2.23. The highest BCUT2D eigenvalue weighted by molar-refractivity contribution is 6.44. The minimum atomic E-state index is -0.973. The van der Waals surface area contributed by atoms with Gasteiger partial charge in [0.15, 0.2) is 0 Å². The van der Waals surface area contributed by atoms with E-state index in [2.05, 4.69) is 10.1 Å². The van der Waals surface area contributed by atoms with Gasteiger partial charge >= 0.3 is 17.8 Å². The number of carbonyl (C=O) groups excluding carboxylic acids is 3. The second kappa shape index (κ2) is 6.35. The number of nitro groups is 1. The average Bonchev–Trinajstić information content (AvgIpc) is 3.14. The van der Waals surface area contributed by atoms with Crippen molar-refractivity contribution in [3.63, 3.8) is 0 Å². The van der Waals surface area contributed by atoms with Gasteiger partial charge in [0.05, 0.1) is 4.92 Å². The molecule has 11 heteroatoms. The highest BCUT2D eigenvalue weighted by Gasteiger charge is 2.46. The minimum Gasteiger partial charge on any atom is -0.337 e. The fraction of sp³-hybridized carbons (Fsp3) is 0.267. The maximum atomic E-state index is 12.2. The van der Waals surface area contributed by atoms with Crippen molar-refractivity contribution < 1.29 is 23.8 Å². The second-order valence-corrected chi connectivity index (χ2v) is 5.76. The third-order valence-corrected chi connectivity index (χ3v) is 3.68. The molecule has 11 nitrogen and oxygen atoms in total. The Morgan fingerprint density at radius 1 is 1.23 bits per heavy atom.